The number of carbonyl (C=O) groups excluding carboxylic acids is 3. The van der Waals surface area contributed by atoms with Crippen molar-refractivity contribution in [2.45, 2.75) is 43.2 Å². The zero-order valence-corrected chi connectivity index (χ0v) is 26.6. The maximum atomic E-state index is 12.8. The zero-order valence-electron chi connectivity index (χ0n) is 25.8. The third kappa shape index (κ3) is 7.07. The van der Waals surface area contributed by atoms with Gasteiger partial charge in [0.15, 0.2) is 6.29 Å². The standard InChI is InChI=1S/C35H29N5O8S/c41-18-21-3-5-22(6-4-21)30-16-27(19-49-35-37-38-39-40(35)25-10-12-26(42)13-11-25)46-34(47-30)23-7-1-20(2-8-23)17-36-31(43)24-9-14-28-29(15-24)33(45)48-32(28)44/h1-15,27,30,34,41-42H,16-19H2,(H,36,43). The van der Waals surface area contributed by atoms with Crippen LogP contribution in [-0.2, 0) is 27.4 Å². The first-order chi connectivity index (χ1) is 23.8. The molecule has 13 nitrogen and oxygen atoms in total. The minimum absolute atomic E-state index is 0.0533. The molecular formula is C35H29N5O8S. The van der Waals surface area contributed by atoms with Crippen LogP contribution in [0.1, 0.15) is 72.1 Å². The number of aromatic hydroxyl groups is 1. The van der Waals surface area contributed by atoms with Crippen molar-refractivity contribution >= 4 is 29.6 Å². The van der Waals surface area contributed by atoms with E-state index in [9.17, 15) is 24.6 Å². The van der Waals surface area contributed by atoms with E-state index in [4.69, 9.17) is 9.47 Å². The lowest BCUT2D eigenvalue weighted by Gasteiger charge is -2.36. The number of hydrogen-bond acceptors (Lipinski definition) is 12. The number of benzene rings is 4. The van der Waals surface area contributed by atoms with Gasteiger partial charge in [0.05, 0.1) is 35.6 Å². The number of fused-ring (bicyclic) bond motifs is 1. The molecule has 248 valence electrons. The molecule has 0 aliphatic carbocycles. The Balaban J connectivity index is 1.03. The molecule has 1 saturated heterocycles. The molecule has 2 aliphatic rings. The molecule has 3 N–H and O–H groups in total. The topological polar surface area (TPSA) is 175 Å². The number of ether oxygens (including phenoxy) is 3. The largest absolute Gasteiger partial charge is 0.508 e. The Morgan fingerprint density at radius 1 is 0.878 bits per heavy atom. The van der Waals surface area contributed by atoms with Gasteiger partial charge in [-0.25, -0.2) is 9.59 Å². The van der Waals surface area contributed by atoms with Crippen LogP contribution in [0.3, 0.4) is 0 Å². The summed E-state index contributed by atoms with van der Waals surface area (Å²) in [5, 5.41) is 34.7. The number of aromatic nitrogens is 4. The molecular weight excluding hydrogens is 650 g/mol. The second-order valence-electron chi connectivity index (χ2n) is 11.4. The molecule has 49 heavy (non-hydrogen) atoms. The fraction of sp³-hybridized carbons (Fsp3) is 0.200. The Hall–Kier alpha value is -5.41. The first kappa shape index (κ1) is 32.2. The van der Waals surface area contributed by atoms with Crippen molar-refractivity contribution in [2.75, 3.05) is 5.75 Å². The van der Waals surface area contributed by atoms with Crippen LogP contribution in [0.2, 0.25) is 0 Å². The van der Waals surface area contributed by atoms with E-state index in [2.05, 4.69) is 25.6 Å². The minimum Gasteiger partial charge on any atom is -0.508 e. The van der Waals surface area contributed by atoms with Crippen LogP contribution in [0, 0.1) is 0 Å². The summed E-state index contributed by atoms with van der Waals surface area (Å²) in [5.74, 6) is -1.21. The van der Waals surface area contributed by atoms with Crippen molar-refractivity contribution in [3.63, 3.8) is 0 Å². The summed E-state index contributed by atoms with van der Waals surface area (Å²) < 4.78 is 19.1. The maximum Gasteiger partial charge on any atom is 0.346 e. The highest BCUT2D eigenvalue weighted by molar-refractivity contribution is 7.99. The molecule has 2 aliphatic heterocycles. The van der Waals surface area contributed by atoms with Crippen molar-refractivity contribution in [3.05, 3.63) is 130 Å². The average Bonchev–Trinajstić information content (AvgIpc) is 3.73. The molecule has 0 spiro atoms. The molecule has 3 atom stereocenters. The normalized spacial score (nSPS) is 18.6. The number of nitrogens with zero attached hydrogens (tertiary/aromatic N) is 4. The Kier molecular flexibility index (Phi) is 9.17. The second kappa shape index (κ2) is 14.0. The monoisotopic (exact) mass is 679 g/mol. The first-order valence-corrected chi connectivity index (χ1v) is 16.3. The summed E-state index contributed by atoms with van der Waals surface area (Å²) in [6, 6.07) is 26.0. The summed E-state index contributed by atoms with van der Waals surface area (Å²) in [5.41, 5.74) is 4.54. The molecule has 1 amide bonds. The lowest BCUT2D eigenvalue weighted by molar-refractivity contribution is -0.245. The van der Waals surface area contributed by atoms with Crippen LogP contribution in [0.5, 0.6) is 5.75 Å². The molecule has 7 rings (SSSR count). The Bertz CT molecular complexity index is 2000. The summed E-state index contributed by atoms with van der Waals surface area (Å²) in [7, 11) is 0. The first-order valence-electron chi connectivity index (χ1n) is 15.3. The molecule has 4 aromatic carbocycles. The number of aliphatic hydroxyl groups excluding tert-OH is 1. The molecule has 0 bridgehead atoms. The van der Waals surface area contributed by atoms with Gasteiger partial charge in [-0.05, 0) is 69.6 Å². The summed E-state index contributed by atoms with van der Waals surface area (Å²) in [6.07, 6.45) is -0.645. The summed E-state index contributed by atoms with van der Waals surface area (Å²) in [4.78, 5) is 36.4. The van der Waals surface area contributed by atoms with Gasteiger partial charge in [0.2, 0.25) is 5.16 Å². The lowest BCUT2D eigenvalue weighted by Crippen LogP contribution is -2.31. The predicted molar refractivity (Wildman–Crippen MR) is 174 cm³/mol. The fourth-order valence-electron chi connectivity index (χ4n) is 5.52. The third-order valence-electron chi connectivity index (χ3n) is 8.16. The number of hydrogen-bond donors (Lipinski definition) is 3. The van der Waals surface area contributed by atoms with Gasteiger partial charge >= 0.3 is 11.9 Å². The van der Waals surface area contributed by atoms with Crippen molar-refractivity contribution in [1.29, 1.82) is 0 Å². The number of cyclic esters (lactones) is 2. The number of phenolic OH excluding ortho intramolecular Hbond substituents is 1. The average molecular weight is 680 g/mol. The number of rotatable bonds is 10. The Morgan fingerprint density at radius 2 is 1.59 bits per heavy atom. The molecule has 1 aromatic heterocycles. The highest BCUT2D eigenvalue weighted by Crippen LogP contribution is 2.39. The number of thioether (sulfide) groups is 1. The minimum atomic E-state index is -0.767. The van der Waals surface area contributed by atoms with Gasteiger partial charge < -0.3 is 29.7 Å². The fourth-order valence-corrected chi connectivity index (χ4v) is 6.43. The van der Waals surface area contributed by atoms with Gasteiger partial charge in [0.25, 0.3) is 5.91 Å². The quantitative estimate of drug-likeness (QED) is 0.108. The van der Waals surface area contributed by atoms with E-state index in [1.54, 1.807) is 28.9 Å². The number of nitrogens with one attached hydrogen (secondary N) is 1. The number of tetrazole rings is 1. The van der Waals surface area contributed by atoms with Crippen LogP contribution in [-0.4, -0.2) is 60.1 Å². The Morgan fingerprint density at radius 3 is 2.35 bits per heavy atom. The van der Waals surface area contributed by atoms with E-state index in [0.29, 0.717) is 23.0 Å². The van der Waals surface area contributed by atoms with Gasteiger partial charge in [-0.15, -0.1) is 5.10 Å². The smallest absolute Gasteiger partial charge is 0.346 e. The van der Waals surface area contributed by atoms with Crippen LogP contribution >= 0.6 is 11.8 Å². The van der Waals surface area contributed by atoms with Crippen molar-refractivity contribution in [1.82, 2.24) is 25.5 Å². The van der Waals surface area contributed by atoms with Gasteiger partial charge in [-0.3, -0.25) is 4.79 Å². The molecule has 3 heterocycles. The number of aliphatic hydroxyl groups is 1. The number of amides is 1. The highest BCUT2D eigenvalue weighted by Gasteiger charge is 2.33. The maximum absolute atomic E-state index is 12.8. The zero-order chi connectivity index (χ0) is 33.9. The molecule has 3 unspecified atom stereocenters. The second-order valence-corrected chi connectivity index (χ2v) is 12.4. The van der Waals surface area contributed by atoms with Crippen LogP contribution < -0.4 is 5.32 Å². The van der Waals surface area contributed by atoms with E-state index in [1.165, 1.54) is 30.0 Å². The molecule has 0 saturated carbocycles. The molecule has 1 fully saturated rings. The lowest BCUT2D eigenvalue weighted by atomic mass is 10.0. The van der Waals surface area contributed by atoms with Crippen molar-refractivity contribution < 1.29 is 38.8 Å². The van der Waals surface area contributed by atoms with Gasteiger partial charge in [0.1, 0.15) is 5.75 Å². The molecule has 5 aromatic rings. The van der Waals surface area contributed by atoms with E-state index >= 15 is 0 Å². The number of esters is 2. The third-order valence-corrected chi connectivity index (χ3v) is 9.21. The van der Waals surface area contributed by atoms with Crippen molar-refractivity contribution in [3.8, 4) is 11.4 Å². The SMILES string of the molecule is O=C(NCc1ccc(C2OC(CSc3nnnn3-c3ccc(O)cc3)CC(c3ccc(CO)cc3)O2)cc1)c1ccc2c(c1)C(=O)OC2=O. The van der Waals surface area contributed by atoms with E-state index in [-0.39, 0.29) is 47.8 Å². The highest BCUT2D eigenvalue weighted by atomic mass is 32.2. The Labute approximate surface area is 283 Å². The van der Waals surface area contributed by atoms with Gasteiger partial charge in [0, 0.05) is 29.8 Å². The number of phenols is 1. The predicted octanol–water partition coefficient (Wildman–Crippen LogP) is 4.44. The van der Waals surface area contributed by atoms with Crippen LogP contribution in [0.25, 0.3) is 5.69 Å². The van der Waals surface area contributed by atoms with Crippen LogP contribution in [0.15, 0.2) is 96.2 Å². The number of carbonyl (C=O) groups is 3. The van der Waals surface area contributed by atoms with Gasteiger partial charge in [-0.1, -0.05) is 60.3 Å². The van der Waals surface area contributed by atoms with E-state index < -0.39 is 24.1 Å². The van der Waals surface area contributed by atoms with E-state index in [1.807, 2.05) is 48.5 Å². The van der Waals surface area contributed by atoms with Gasteiger partial charge in [-0.2, -0.15) is 4.68 Å². The van der Waals surface area contributed by atoms with E-state index in [0.717, 1.165) is 22.3 Å². The summed E-state index contributed by atoms with van der Waals surface area (Å²) >= 11 is 1.44. The van der Waals surface area contributed by atoms with Crippen LogP contribution in [0.4, 0.5) is 0 Å². The van der Waals surface area contributed by atoms with Crippen molar-refractivity contribution in [2.24, 2.45) is 0 Å². The molecule has 14 heteroatoms. The summed E-state index contributed by atoms with van der Waals surface area (Å²) in [6.45, 7) is 0.170. The molecule has 0 radical (unpaired) electrons.